The Kier molecular flexibility index (Phi) is 7.17. The number of carbonyl (C=O) groups excluding carboxylic acids is 1. The molecular weight excluding hydrogens is 466 g/mol. The maximum Gasteiger partial charge on any atom is 0.241 e. The molecule has 1 amide bonds. The highest BCUT2D eigenvalue weighted by Crippen LogP contribution is 2.20. The molecule has 0 bridgehead atoms. The predicted molar refractivity (Wildman–Crippen MR) is 132 cm³/mol. The molecule has 0 saturated carbocycles. The smallest absolute Gasteiger partial charge is 0.241 e. The van der Waals surface area contributed by atoms with Crippen molar-refractivity contribution in [3.63, 3.8) is 0 Å². The van der Waals surface area contributed by atoms with Gasteiger partial charge in [-0.2, -0.15) is 10.1 Å². The zero-order valence-electron chi connectivity index (χ0n) is 19.5. The van der Waals surface area contributed by atoms with Crippen LogP contribution in [0.4, 0.5) is 5.82 Å². The van der Waals surface area contributed by atoms with E-state index < -0.39 is 0 Å². The molecule has 4 aromatic rings. The first-order valence-corrected chi connectivity index (χ1v) is 12.3. The molecule has 1 saturated heterocycles. The minimum Gasteiger partial charge on any atom is -0.497 e. The minimum atomic E-state index is -0.0348. The molecule has 5 rings (SSSR count). The van der Waals surface area contributed by atoms with Crippen LogP contribution in [-0.2, 0) is 17.9 Å². The van der Waals surface area contributed by atoms with Crippen LogP contribution in [0.3, 0.4) is 0 Å². The van der Waals surface area contributed by atoms with Crippen molar-refractivity contribution in [1.82, 2.24) is 29.7 Å². The number of nitrogens with one attached hydrogen (secondary N) is 1. The second-order valence-corrected chi connectivity index (χ2v) is 9.33. The van der Waals surface area contributed by atoms with Gasteiger partial charge in [0.05, 0.1) is 32.9 Å². The van der Waals surface area contributed by atoms with Crippen molar-refractivity contribution in [2.45, 2.75) is 13.1 Å². The molecule has 4 heterocycles. The number of benzene rings is 1. The molecule has 10 nitrogen and oxygen atoms in total. The molecule has 1 aromatic carbocycles. The summed E-state index contributed by atoms with van der Waals surface area (Å²) in [6.07, 6.45) is 1.71. The van der Waals surface area contributed by atoms with Gasteiger partial charge in [0.1, 0.15) is 11.6 Å². The van der Waals surface area contributed by atoms with Crippen LogP contribution < -0.4 is 10.1 Å². The number of aromatic nitrogens is 4. The minimum absolute atomic E-state index is 0.0348. The van der Waals surface area contributed by atoms with Crippen molar-refractivity contribution < 1.29 is 14.1 Å². The van der Waals surface area contributed by atoms with E-state index >= 15 is 0 Å². The average molecular weight is 494 g/mol. The lowest BCUT2D eigenvalue weighted by Gasteiger charge is -2.33. The maximum absolute atomic E-state index is 12.6. The number of nitrogens with zero attached hydrogens (tertiary/aromatic N) is 6. The van der Waals surface area contributed by atoms with Gasteiger partial charge in [-0.1, -0.05) is 11.2 Å². The van der Waals surface area contributed by atoms with E-state index in [0.29, 0.717) is 37.2 Å². The van der Waals surface area contributed by atoms with Gasteiger partial charge < -0.3 is 14.6 Å². The zero-order valence-corrected chi connectivity index (χ0v) is 20.3. The van der Waals surface area contributed by atoms with Gasteiger partial charge in [-0.15, -0.1) is 11.3 Å². The third-order valence-electron chi connectivity index (χ3n) is 5.88. The first-order valence-electron chi connectivity index (χ1n) is 11.4. The quantitative estimate of drug-likeness (QED) is 0.380. The molecule has 0 spiro atoms. The lowest BCUT2D eigenvalue weighted by atomic mass is 10.2. The topological polar surface area (TPSA) is 102 Å². The highest BCUT2D eigenvalue weighted by molar-refractivity contribution is 7.09. The van der Waals surface area contributed by atoms with Crippen LogP contribution in [-0.4, -0.2) is 75.5 Å². The summed E-state index contributed by atoms with van der Waals surface area (Å²) >= 11 is 1.67. The van der Waals surface area contributed by atoms with Crippen molar-refractivity contribution >= 4 is 23.1 Å². The summed E-state index contributed by atoms with van der Waals surface area (Å²) in [4.78, 5) is 22.8. The molecule has 11 heteroatoms. The van der Waals surface area contributed by atoms with E-state index in [2.05, 4.69) is 36.4 Å². The molecule has 1 aliphatic heterocycles. The number of piperazine rings is 1. The number of thiophene rings is 1. The number of anilines is 1. The van der Waals surface area contributed by atoms with Gasteiger partial charge in [-0.25, -0.2) is 4.68 Å². The molecule has 35 heavy (non-hydrogen) atoms. The number of methoxy groups -OCH3 is 1. The summed E-state index contributed by atoms with van der Waals surface area (Å²) in [6.45, 7) is 4.82. The molecule has 0 unspecified atom stereocenters. The second-order valence-electron chi connectivity index (χ2n) is 8.29. The Balaban J connectivity index is 1.08. The largest absolute Gasteiger partial charge is 0.497 e. The van der Waals surface area contributed by atoms with Crippen LogP contribution in [0.2, 0.25) is 0 Å². The molecule has 1 N–H and O–H groups in total. The Bertz CT molecular complexity index is 1230. The van der Waals surface area contributed by atoms with Crippen molar-refractivity contribution in [3.05, 3.63) is 64.8 Å². The number of carbonyl (C=O) groups is 1. The second kappa shape index (κ2) is 10.8. The van der Waals surface area contributed by atoms with E-state index in [1.807, 2.05) is 46.5 Å². The molecule has 0 atom stereocenters. The number of ether oxygens (including phenoxy) is 1. The number of hydrogen-bond acceptors (Lipinski definition) is 9. The van der Waals surface area contributed by atoms with E-state index in [1.54, 1.807) is 24.6 Å². The van der Waals surface area contributed by atoms with E-state index in [9.17, 15) is 4.79 Å². The fraction of sp³-hybridized carbons (Fsp3) is 0.333. The summed E-state index contributed by atoms with van der Waals surface area (Å²) in [6, 6.07) is 13.5. The van der Waals surface area contributed by atoms with E-state index in [1.165, 1.54) is 4.88 Å². The molecule has 1 fully saturated rings. The Morgan fingerprint density at radius 3 is 2.63 bits per heavy atom. The zero-order chi connectivity index (χ0) is 24.0. The van der Waals surface area contributed by atoms with Gasteiger partial charge in [0.25, 0.3) is 0 Å². The summed E-state index contributed by atoms with van der Waals surface area (Å²) in [5, 5.41) is 13.5. The molecule has 182 valence electrons. The first kappa shape index (κ1) is 23.2. The van der Waals surface area contributed by atoms with Gasteiger partial charge in [0, 0.05) is 42.7 Å². The van der Waals surface area contributed by atoms with Crippen LogP contribution in [0.15, 0.2) is 58.6 Å². The van der Waals surface area contributed by atoms with Gasteiger partial charge in [0.2, 0.25) is 17.6 Å². The standard InChI is InChI=1S/C24H27N7O3S/c1-33-19-6-4-18(5-7-19)24-27-23(34-28-24)17-30-12-10-29(11-13-30)16-22(32)26-21-8-9-25-31(21)15-20-3-2-14-35-20/h2-9,14H,10-13,15-17H2,1H3,(H,26,32). The highest BCUT2D eigenvalue weighted by atomic mass is 32.1. The molecule has 1 aliphatic rings. The van der Waals surface area contributed by atoms with Crippen LogP contribution in [0.25, 0.3) is 11.4 Å². The summed E-state index contributed by atoms with van der Waals surface area (Å²) in [5.41, 5.74) is 0.883. The first-order chi connectivity index (χ1) is 17.2. The van der Waals surface area contributed by atoms with Crippen molar-refractivity contribution in [2.24, 2.45) is 0 Å². The van der Waals surface area contributed by atoms with Gasteiger partial charge in [0.15, 0.2) is 0 Å². The Labute approximate surface area is 207 Å². The van der Waals surface area contributed by atoms with E-state index in [0.717, 1.165) is 37.5 Å². The molecular formula is C24H27N7O3S. The average Bonchev–Trinajstić information content (AvgIpc) is 3.65. The normalized spacial score (nSPS) is 14.8. The lowest BCUT2D eigenvalue weighted by molar-refractivity contribution is -0.117. The van der Waals surface area contributed by atoms with Crippen LogP contribution in [0.1, 0.15) is 10.8 Å². The third kappa shape index (κ3) is 5.94. The van der Waals surface area contributed by atoms with Crippen molar-refractivity contribution in [3.8, 4) is 17.1 Å². The Hall–Kier alpha value is -3.54. The number of rotatable bonds is 9. The third-order valence-corrected chi connectivity index (χ3v) is 6.74. The Morgan fingerprint density at radius 1 is 1.09 bits per heavy atom. The Morgan fingerprint density at radius 2 is 1.89 bits per heavy atom. The fourth-order valence-electron chi connectivity index (χ4n) is 3.97. The lowest BCUT2D eigenvalue weighted by Crippen LogP contribution is -2.48. The fourth-order valence-corrected chi connectivity index (χ4v) is 4.66. The molecule has 0 aliphatic carbocycles. The summed E-state index contributed by atoms with van der Waals surface area (Å²) < 4.78 is 12.5. The highest BCUT2D eigenvalue weighted by Gasteiger charge is 2.21. The summed E-state index contributed by atoms with van der Waals surface area (Å²) in [7, 11) is 1.64. The van der Waals surface area contributed by atoms with Crippen LogP contribution in [0.5, 0.6) is 5.75 Å². The number of hydrogen-bond donors (Lipinski definition) is 1. The van der Waals surface area contributed by atoms with Crippen molar-refractivity contribution in [1.29, 1.82) is 0 Å². The van der Waals surface area contributed by atoms with Crippen LogP contribution in [0, 0.1) is 0 Å². The van der Waals surface area contributed by atoms with Crippen molar-refractivity contribution in [2.75, 3.05) is 45.2 Å². The molecule has 3 aromatic heterocycles. The van der Waals surface area contributed by atoms with E-state index in [4.69, 9.17) is 9.26 Å². The monoisotopic (exact) mass is 493 g/mol. The van der Waals surface area contributed by atoms with Gasteiger partial charge in [-0.05, 0) is 35.7 Å². The molecule has 0 radical (unpaired) electrons. The predicted octanol–water partition coefficient (Wildman–Crippen LogP) is 2.81. The number of amides is 1. The van der Waals surface area contributed by atoms with Gasteiger partial charge in [-0.3, -0.25) is 14.6 Å². The van der Waals surface area contributed by atoms with E-state index in [-0.39, 0.29) is 5.91 Å². The maximum atomic E-state index is 12.6. The van der Waals surface area contributed by atoms with Gasteiger partial charge >= 0.3 is 0 Å². The summed E-state index contributed by atoms with van der Waals surface area (Å²) in [5.74, 6) is 2.61. The SMILES string of the molecule is COc1ccc(-c2noc(CN3CCN(CC(=O)Nc4ccnn4Cc4cccs4)CC3)n2)cc1. The van der Waals surface area contributed by atoms with Crippen LogP contribution >= 0.6 is 11.3 Å².